The van der Waals surface area contributed by atoms with Crippen LogP contribution in [0.2, 0.25) is 0 Å². The fourth-order valence-electron chi connectivity index (χ4n) is 3.43. The van der Waals surface area contributed by atoms with E-state index in [4.69, 9.17) is 0 Å². The summed E-state index contributed by atoms with van der Waals surface area (Å²) < 4.78 is 0. The van der Waals surface area contributed by atoms with Crippen LogP contribution in [0, 0.1) is 5.92 Å². The second kappa shape index (κ2) is 6.95. The number of unbranched alkanes of at least 4 members (excludes halogenated alkanes) is 1. The molecule has 0 spiro atoms. The number of hydrogen-bond donors (Lipinski definition) is 2. The van der Waals surface area contributed by atoms with Gasteiger partial charge in [0.1, 0.15) is 5.75 Å². The highest BCUT2D eigenvalue weighted by molar-refractivity contribution is 5.41. The van der Waals surface area contributed by atoms with E-state index in [1.165, 1.54) is 43.9 Å². The van der Waals surface area contributed by atoms with Gasteiger partial charge < -0.3 is 10.8 Å². The van der Waals surface area contributed by atoms with Gasteiger partial charge in [-0.05, 0) is 60.9 Å². The summed E-state index contributed by atoms with van der Waals surface area (Å²) in [4.78, 5) is 0. The van der Waals surface area contributed by atoms with Crippen LogP contribution in [0.5, 0.6) is 5.75 Å². The van der Waals surface area contributed by atoms with Gasteiger partial charge in [0.25, 0.3) is 0 Å². The molecule has 1 aromatic carbocycles. The first-order chi connectivity index (χ1) is 9.05. The molecule has 0 radical (unpaired) electrons. The van der Waals surface area contributed by atoms with Crippen LogP contribution in [0.4, 0.5) is 0 Å². The minimum atomic E-state index is 0.266. The SMILES string of the molecule is CCCC[C@@]1(C)C[C@@H](C)Cc2ccc(O)cc21.CN. The van der Waals surface area contributed by atoms with E-state index in [-0.39, 0.29) is 5.41 Å². The summed E-state index contributed by atoms with van der Waals surface area (Å²) in [5.74, 6) is 1.18. The summed E-state index contributed by atoms with van der Waals surface area (Å²) in [6.45, 7) is 6.97. The van der Waals surface area contributed by atoms with Gasteiger partial charge in [0.05, 0.1) is 0 Å². The van der Waals surface area contributed by atoms with Crippen molar-refractivity contribution in [1.29, 1.82) is 0 Å². The predicted molar refractivity (Wildman–Crippen MR) is 82.6 cm³/mol. The van der Waals surface area contributed by atoms with Crippen molar-refractivity contribution in [2.75, 3.05) is 7.05 Å². The second-order valence-electron chi connectivity index (χ2n) is 6.02. The molecular weight excluding hydrogens is 234 g/mol. The lowest BCUT2D eigenvalue weighted by Gasteiger charge is -2.39. The Bertz CT molecular complexity index is 402. The number of aromatic hydroxyl groups is 1. The summed E-state index contributed by atoms with van der Waals surface area (Å²) in [6, 6.07) is 5.94. The number of hydrogen-bond acceptors (Lipinski definition) is 2. The number of fused-ring (bicyclic) bond motifs is 1. The summed E-state index contributed by atoms with van der Waals surface area (Å²) in [5, 5.41) is 9.71. The van der Waals surface area contributed by atoms with Crippen LogP contribution in [0.3, 0.4) is 0 Å². The van der Waals surface area contributed by atoms with Crippen LogP contribution in [0.15, 0.2) is 18.2 Å². The first-order valence-electron chi connectivity index (χ1n) is 7.45. The van der Waals surface area contributed by atoms with Gasteiger partial charge in [-0.2, -0.15) is 0 Å². The maximum absolute atomic E-state index is 9.71. The van der Waals surface area contributed by atoms with Crippen LogP contribution in [0.25, 0.3) is 0 Å². The highest BCUT2D eigenvalue weighted by Crippen LogP contribution is 2.44. The summed E-state index contributed by atoms with van der Waals surface area (Å²) in [5.41, 5.74) is 7.60. The summed E-state index contributed by atoms with van der Waals surface area (Å²) in [6.07, 6.45) is 6.18. The third-order valence-electron chi connectivity index (χ3n) is 4.19. The lowest BCUT2D eigenvalue weighted by Crippen LogP contribution is -2.31. The Morgan fingerprint density at radius 2 is 2.05 bits per heavy atom. The van der Waals surface area contributed by atoms with Crippen molar-refractivity contribution in [2.45, 2.75) is 58.3 Å². The molecule has 19 heavy (non-hydrogen) atoms. The average Bonchev–Trinajstić information content (AvgIpc) is 2.40. The van der Waals surface area contributed by atoms with Crippen molar-refractivity contribution in [2.24, 2.45) is 11.7 Å². The predicted octanol–water partition coefficient (Wildman–Crippen LogP) is 4.00. The molecule has 0 aromatic heterocycles. The fourth-order valence-corrected chi connectivity index (χ4v) is 3.43. The molecule has 2 nitrogen and oxygen atoms in total. The second-order valence-corrected chi connectivity index (χ2v) is 6.02. The van der Waals surface area contributed by atoms with Crippen LogP contribution >= 0.6 is 0 Å². The van der Waals surface area contributed by atoms with E-state index in [9.17, 15) is 5.11 Å². The molecule has 1 aliphatic rings. The van der Waals surface area contributed by atoms with Crippen molar-refractivity contribution < 1.29 is 5.11 Å². The number of rotatable bonds is 3. The third-order valence-corrected chi connectivity index (χ3v) is 4.19. The molecule has 2 atom stereocenters. The molecule has 1 aliphatic carbocycles. The fraction of sp³-hybridized carbons (Fsp3) is 0.647. The normalized spacial score (nSPS) is 25.2. The Morgan fingerprint density at radius 3 is 2.68 bits per heavy atom. The van der Waals surface area contributed by atoms with Crippen molar-refractivity contribution in [3.05, 3.63) is 29.3 Å². The Balaban J connectivity index is 0.000000861. The summed E-state index contributed by atoms with van der Waals surface area (Å²) >= 11 is 0. The summed E-state index contributed by atoms with van der Waals surface area (Å²) in [7, 11) is 1.50. The number of nitrogens with two attached hydrogens (primary N) is 1. The van der Waals surface area contributed by atoms with Crippen LogP contribution in [0.1, 0.15) is 57.6 Å². The van der Waals surface area contributed by atoms with Gasteiger partial charge in [-0.3, -0.25) is 0 Å². The van der Waals surface area contributed by atoms with E-state index >= 15 is 0 Å². The highest BCUT2D eigenvalue weighted by Gasteiger charge is 2.34. The zero-order chi connectivity index (χ0) is 14.5. The average molecular weight is 263 g/mol. The molecular formula is C17H29NO. The number of phenols is 1. The lowest BCUT2D eigenvalue weighted by molar-refractivity contribution is 0.296. The maximum atomic E-state index is 9.71. The van der Waals surface area contributed by atoms with Gasteiger partial charge in [-0.25, -0.2) is 0 Å². The quantitative estimate of drug-likeness (QED) is 0.866. The zero-order valence-electron chi connectivity index (χ0n) is 12.9. The van der Waals surface area contributed by atoms with Crippen LogP contribution in [-0.2, 0) is 11.8 Å². The molecule has 0 bridgehead atoms. The van der Waals surface area contributed by atoms with Crippen molar-refractivity contribution >= 4 is 0 Å². The van der Waals surface area contributed by atoms with Crippen molar-refractivity contribution in [1.82, 2.24) is 0 Å². The number of benzene rings is 1. The Kier molecular flexibility index (Phi) is 5.86. The van der Waals surface area contributed by atoms with Gasteiger partial charge in [0.15, 0.2) is 0 Å². The minimum Gasteiger partial charge on any atom is -0.508 e. The molecule has 2 heteroatoms. The van der Waals surface area contributed by atoms with Crippen molar-refractivity contribution in [3.8, 4) is 5.75 Å². The van der Waals surface area contributed by atoms with Gasteiger partial charge in [0, 0.05) is 0 Å². The van der Waals surface area contributed by atoms with E-state index in [2.05, 4.69) is 32.6 Å². The molecule has 0 heterocycles. The van der Waals surface area contributed by atoms with Crippen molar-refractivity contribution in [3.63, 3.8) is 0 Å². The molecule has 0 fully saturated rings. The zero-order valence-corrected chi connectivity index (χ0v) is 12.9. The van der Waals surface area contributed by atoms with E-state index < -0.39 is 0 Å². The minimum absolute atomic E-state index is 0.266. The standard InChI is InChI=1S/C16H24O.CH5N/c1-4-5-8-16(3)11-12(2)9-13-6-7-14(17)10-15(13)16;1-2/h6-7,10,12,17H,4-5,8-9,11H2,1-3H3;2H2,1H3/t12-,16-;/m0./s1. The smallest absolute Gasteiger partial charge is 0.115 e. The van der Waals surface area contributed by atoms with E-state index in [1.807, 2.05) is 12.1 Å². The Hall–Kier alpha value is -1.02. The Morgan fingerprint density at radius 1 is 1.37 bits per heavy atom. The van der Waals surface area contributed by atoms with Gasteiger partial charge >= 0.3 is 0 Å². The highest BCUT2D eigenvalue weighted by atomic mass is 16.3. The van der Waals surface area contributed by atoms with Gasteiger partial charge in [-0.1, -0.05) is 39.7 Å². The van der Waals surface area contributed by atoms with E-state index in [0.717, 1.165) is 12.3 Å². The Labute approximate surface area is 118 Å². The molecule has 0 unspecified atom stereocenters. The molecule has 108 valence electrons. The van der Waals surface area contributed by atoms with E-state index in [0.29, 0.717) is 5.75 Å². The third kappa shape index (κ3) is 3.73. The largest absolute Gasteiger partial charge is 0.508 e. The van der Waals surface area contributed by atoms with Crippen LogP contribution < -0.4 is 5.73 Å². The molecule has 0 aliphatic heterocycles. The first kappa shape index (κ1) is 16.0. The first-order valence-corrected chi connectivity index (χ1v) is 7.45. The lowest BCUT2D eigenvalue weighted by atomic mass is 9.65. The van der Waals surface area contributed by atoms with Gasteiger partial charge in [-0.15, -0.1) is 0 Å². The van der Waals surface area contributed by atoms with Crippen LogP contribution in [-0.4, -0.2) is 12.2 Å². The maximum Gasteiger partial charge on any atom is 0.115 e. The van der Waals surface area contributed by atoms with Gasteiger partial charge in [0.2, 0.25) is 0 Å². The topological polar surface area (TPSA) is 46.2 Å². The number of phenolic OH excluding ortho intramolecular Hbond substituents is 1. The molecule has 0 amide bonds. The molecule has 3 N–H and O–H groups in total. The molecule has 0 saturated carbocycles. The molecule has 0 saturated heterocycles. The van der Waals surface area contributed by atoms with E-state index in [1.54, 1.807) is 0 Å². The molecule has 2 rings (SSSR count). The monoisotopic (exact) mass is 263 g/mol. The molecule has 1 aromatic rings.